The summed E-state index contributed by atoms with van der Waals surface area (Å²) in [5, 5.41) is 0. The van der Waals surface area contributed by atoms with Crippen LogP contribution in [0.3, 0.4) is 0 Å². The van der Waals surface area contributed by atoms with Crippen LogP contribution < -0.4 is 0 Å². The zero-order valence-corrected chi connectivity index (χ0v) is 10.6. The zero-order valence-electron chi connectivity index (χ0n) is 2.84. The van der Waals surface area contributed by atoms with Gasteiger partial charge in [0.2, 0.25) is 0 Å². The molecule has 0 nitrogen and oxygen atoms in total. The molecule has 0 N–H and O–H groups in total. The molecule has 0 rings (SSSR count). The summed E-state index contributed by atoms with van der Waals surface area (Å²) in [6.45, 7) is 0. The Kier molecular flexibility index (Phi) is 4.45. The van der Waals surface area contributed by atoms with Gasteiger partial charge in [-0.15, -0.1) is 0 Å². The Morgan fingerprint density at radius 2 is 1.33 bits per heavy atom. The fourth-order valence-electron chi connectivity index (χ4n) is 0. The van der Waals surface area contributed by atoms with E-state index in [1.807, 2.05) is 0 Å². The van der Waals surface area contributed by atoms with E-state index in [4.69, 9.17) is 34.8 Å². The van der Waals surface area contributed by atoms with Crippen LogP contribution in [0.15, 0.2) is 7.03 Å². The first kappa shape index (κ1) is 7.55. The number of halogens is 3. The summed E-state index contributed by atoms with van der Waals surface area (Å²) >= 11 is 16.0. The molecule has 0 bridgehead atoms. The third-order valence-corrected chi connectivity index (χ3v) is 4.16. The number of rotatable bonds is 0. The van der Waals surface area contributed by atoms with Crippen LogP contribution in [0.2, 0.25) is 0 Å². The second-order valence-electron chi connectivity index (χ2n) is 0.665. The van der Waals surface area contributed by atoms with Crippen molar-refractivity contribution < 1.29 is 26.1 Å². The average molecular weight is 331 g/mol. The Morgan fingerprint density at radius 1 is 1.17 bits per heavy atom. The van der Waals surface area contributed by atoms with E-state index in [9.17, 15) is 0 Å². The predicted molar refractivity (Wildman–Crippen MR) is 24.6 cm³/mol. The molecular weight excluding hydrogens is 331 g/mol. The van der Waals surface area contributed by atoms with E-state index in [0.29, 0.717) is 28.7 Å². The van der Waals surface area contributed by atoms with Crippen molar-refractivity contribution >= 4 is 34.8 Å². The Balaban J connectivity index is 3.68. The van der Waals surface area contributed by atoms with E-state index >= 15 is 0 Å². The topological polar surface area (TPSA) is 0 Å². The van der Waals surface area contributed by atoms with E-state index in [1.54, 1.807) is 0 Å². The summed E-state index contributed by atoms with van der Waals surface area (Å²) in [6, 6.07) is 0. The molecule has 6 heavy (non-hydrogen) atoms. The molecule has 31 valence electrons. The van der Waals surface area contributed by atoms with Gasteiger partial charge in [-0.2, -0.15) is 0 Å². The van der Waals surface area contributed by atoms with Crippen molar-refractivity contribution in [3.63, 3.8) is 0 Å². The third kappa shape index (κ3) is 3.73. The van der Waals surface area contributed by atoms with Crippen LogP contribution in [0.1, 0.15) is 0 Å². The molecule has 0 aromatic heterocycles. The second kappa shape index (κ2) is 3.54. The summed E-state index contributed by atoms with van der Waals surface area (Å²) in [4.78, 5) is 0. The molecule has 0 amide bonds. The van der Waals surface area contributed by atoms with E-state index in [1.165, 1.54) is 0 Å². The van der Waals surface area contributed by atoms with Gasteiger partial charge < -0.3 is 0 Å². The van der Waals surface area contributed by atoms with Gasteiger partial charge in [-0.25, -0.2) is 0 Å². The van der Waals surface area contributed by atoms with Crippen LogP contribution in [0.25, 0.3) is 0 Å². The predicted octanol–water partition coefficient (Wildman–Crippen LogP) is 2.38. The molecule has 0 saturated heterocycles. The van der Waals surface area contributed by atoms with Crippen molar-refractivity contribution in [3.05, 3.63) is 7.03 Å². The van der Waals surface area contributed by atoms with Gasteiger partial charge in [0.25, 0.3) is 0 Å². The zero-order chi connectivity index (χ0) is 5.15. The van der Waals surface area contributed by atoms with Crippen LogP contribution in [0, 0.1) is 0 Å². The van der Waals surface area contributed by atoms with Gasteiger partial charge in [-0.1, -0.05) is 0 Å². The van der Waals surface area contributed by atoms with Crippen molar-refractivity contribution in [2.45, 2.75) is 0 Å². The quantitative estimate of drug-likeness (QED) is 0.598. The van der Waals surface area contributed by atoms with Gasteiger partial charge in [0.15, 0.2) is 0 Å². The molecule has 0 unspecified atom stereocenters. The van der Waals surface area contributed by atoms with Gasteiger partial charge in [0.05, 0.1) is 0 Å². The summed E-state index contributed by atoms with van der Waals surface area (Å²) in [5.74, 6) is 0. The molecule has 0 aliphatic heterocycles. The standard InChI is InChI=1S/C2Cl3.Hg/c3-1-2(4)5;. The van der Waals surface area contributed by atoms with Crippen molar-refractivity contribution in [1.29, 1.82) is 0 Å². The molecule has 0 radical (unpaired) electrons. The average Bonchev–Trinajstić information content (AvgIpc) is 1.36. The van der Waals surface area contributed by atoms with Gasteiger partial charge in [-0.3, -0.25) is 0 Å². The molecule has 4 heteroatoms. The summed E-state index contributed by atoms with van der Waals surface area (Å²) in [7, 11) is 0. The van der Waals surface area contributed by atoms with E-state index in [-0.39, 0.29) is 4.49 Å². The monoisotopic (exact) mass is 331 g/mol. The maximum atomic E-state index is 5.31. The molecule has 0 aliphatic rings. The van der Waals surface area contributed by atoms with Gasteiger partial charge in [0.1, 0.15) is 0 Å². The number of hydrogen-bond acceptors (Lipinski definition) is 0. The fraction of sp³-hybridized carbons (Fsp3) is 0. The van der Waals surface area contributed by atoms with Crippen LogP contribution >= 0.6 is 34.8 Å². The molecular formula is C2Cl3Hg. The Labute approximate surface area is 67.4 Å². The molecule has 0 heterocycles. The third-order valence-electron chi connectivity index (χ3n) is 0.205. The van der Waals surface area contributed by atoms with Crippen molar-refractivity contribution in [3.8, 4) is 0 Å². The molecule has 0 spiro atoms. The Bertz CT molecular complexity index is 58.9. The second-order valence-corrected chi connectivity index (χ2v) is 6.56. The first-order valence-electron chi connectivity index (χ1n) is 1.17. The van der Waals surface area contributed by atoms with Crippen molar-refractivity contribution in [1.82, 2.24) is 0 Å². The van der Waals surface area contributed by atoms with Gasteiger partial charge >= 0.3 is 68.0 Å². The van der Waals surface area contributed by atoms with Crippen LogP contribution in [0.5, 0.6) is 0 Å². The molecule has 0 aliphatic carbocycles. The van der Waals surface area contributed by atoms with Crippen LogP contribution in [-0.2, 0) is 26.1 Å². The first-order valence-corrected chi connectivity index (χ1v) is 5.05. The van der Waals surface area contributed by atoms with E-state index in [0.717, 1.165) is 0 Å². The molecule has 0 atom stereocenters. The normalized spacial score (nSPS) is 8.17. The maximum absolute atomic E-state index is 5.31. The van der Waals surface area contributed by atoms with Gasteiger partial charge in [-0.05, 0) is 0 Å². The Morgan fingerprint density at radius 3 is 1.33 bits per heavy atom. The number of hydrogen-bond donors (Lipinski definition) is 0. The SMILES string of the molecule is ClC(Cl)=[C](Cl)[Hg]. The first-order chi connectivity index (χ1) is 2.64. The summed E-state index contributed by atoms with van der Waals surface area (Å²) in [6.07, 6.45) is 0. The van der Waals surface area contributed by atoms with Crippen molar-refractivity contribution in [2.24, 2.45) is 0 Å². The van der Waals surface area contributed by atoms with E-state index < -0.39 is 0 Å². The van der Waals surface area contributed by atoms with E-state index in [2.05, 4.69) is 0 Å². The van der Waals surface area contributed by atoms with Crippen LogP contribution in [0.4, 0.5) is 0 Å². The fourth-order valence-corrected chi connectivity index (χ4v) is 0. The summed E-state index contributed by atoms with van der Waals surface area (Å²) < 4.78 is 0.846. The Hall–Kier alpha value is 1.55. The molecule has 0 aromatic carbocycles. The molecule has 0 saturated carbocycles. The molecule has 0 aromatic rings. The van der Waals surface area contributed by atoms with Crippen molar-refractivity contribution in [2.75, 3.05) is 0 Å². The minimum atomic E-state index is 0.222. The van der Waals surface area contributed by atoms with Crippen LogP contribution in [-0.4, -0.2) is 0 Å². The minimum absolute atomic E-state index is 0.222. The van der Waals surface area contributed by atoms with Gasteiger partial charge in [0, 0.05) is 0 Å². The molecule has 0 fully saturated rings. The summed E-state index contributed by atoms with van der Waals surface area (Å²) in [5.41, 5.74) is 0.